The van der Waals surface area contributed by atoms with Crippen molar-refractivity contribution in [3.05, 3.63) is 16.8 Å². The van der Waals surface area contributed by atoms with Gasteiger partial charge in [0.2, 0.25) is 0 Å². The molecule has 1 unspecified atom stereocenters. The molecule has 1 aliphatic heterocycles. The maximum absolute atomic E-state index is 5.84. The molecule has 1 aromatic rings. The summed E-state index contributed by atoms with van der Waals surface area (Å²) < 4.78 is 0. The zero-order valence-electron chi connectivity index (χ0n) is 7.13. The van der Waals surface area contributed by atoms with Gasteiger partial charge in [0.25, 0.3) is 0 Å². The van der Waals surface area contributed by atoms with Gasteiger partial charge in [-0.1, -0.05) is 11.6 Å². The molecule has 1 aliphatic rings. The van der Waals surface area contributed by atoms with E-state index in [0.29, 0.717) is 16.8 Å². The van der Waals surface area contributed by atoms with Crippen molar-refractivity contribution >= 4 is 17.4 Å². The number of hydrogen-bond donors (Lipinski definition) is 2. The van der Waals surface area contributed by atoms with Gasteiger partial charge in [-0.15, -0.1) is 5.10 Å². The summed E-state index contributed by atoms with van der Waals surface area (Å²) >= 11 is 5.84. The molecule has 3 N–H and O–H groups in total. The standard InChI is InChI=1S/C8H11ClN4/c9-6-3-7(12-13-8(6)10)5-1-2-11-4-5/h3,5,11H,1-2,4H2,(H2,10,13). The first kappa shape index (κ1) is 8.72. The van der Waals surface area contributed by atoms with Gasteiger partial charge in [-0.3, -0.25) is 0 Å². The summed E-state index contributed by atoms with van der Waals surface area (Å²) in [5, 5.41) is 11.6. The van der Waals surface area contributed by atoms with Crippen molar-refractivity contribution in [1.82, 2.24) is 15.5 Å². The fourth-order valence-corrected chi connectivity index (χ4v) is 1.65. The maximum Gasteiger partial charge on any atom is 0.164 e. The Labute approximate surface area is 81.5 Å². The van der Waals surface area contributed by atoms with Crippen molar-refractivity contribution < 1.29 is 0 Å². The van der Waals surface area contributed by atoms with Crippen LogP contribution in [0.2, 0.25) is 5.02 Å². The molecule has 0 radical (unpaired) electrons. The Bertz CT molecular complexity index is 309. The molecule has 0 saturated carbocycles. The van der Waals surface area contributed by atoms with Crippen LogP contribution in [0.3, 0.4) is 0 Å². The number of nitrogens with one attached hydrogen (secondary N) is 1. The molecular weight excluding hydrogens is 188 g/mol. The third kappa shape index (κ3) is 1.73. The second-order valence-corrected chi connectivity index (χ2v) is 3.60. The third-order valence-electron chi connectivity index (χ3n) is 2.27. The van der Waals surface area contributed by atoms with Gasteiger partial charge in [0.1, 0.15) is 0 Å². The van der Waals surface area contributed by atoms with Crippen molar-refractivity contribution in [1.29, 1.82) is 0 Å². The average molecular weight is 199 g/mol. The van der Waals surface area contributed by atoms with Gasteiger partial charge >= 0.3 is 0 Å². The van der Waals surface area contributed by atoms with Crippen molar-refractivity contribution in [2.45, 2.75) is 12.3 Å². The Balaban J connectivity index is 2.25. The second-order valence-electron chi connectivity index (χ2n) is 3.19. The summed E-state index contributed by atoms with van der Waals surface area (Å²) in [6.45, 7) is 1.99. The quantitative estimate of drug-likeness (QED) is 0.701. The van der Waals surface area contributed by atoms with Crippen molar-refractivity contribution in [3.63, 3.8) is 0 Å². The number of halogens is 1. The number of nitrogens with zero attached hydrogens (tertiary/aromatic N) is 2. The average Bonchev–Trinajstić information content (AvgIpc) is 2.62. The van der Waals surface area contributed by atoms with Gasteiger partial charge in [0.15, 0.2) is 5.82 Å². The molecule has 2 heterocycles. The monoisotopic (exact) mass is 198 g/mol. The summed E-state index contributed by atoms with van der Waals surface area (Å²) in [4.78, 5) is 0. The van der Waals surface area contributed by atoms with E-state index in [0.717, 1.165) is 25.2 Å². The van der Waals surface area contributed by atoms with Gasteiger partial charge in [-0.05, 0) is 19.0 Å². The number of aromatic nitrogens is 2. The van der Waals surface area contributed by atoms with E-state index in [1.54, 1.807) is 0 Å². The van der Waals surface area contributed by atoms with E-state index in [2.05, 4.69) is 15.5 Å². The summed E-state index contributed by atoms with van der Waals surface area (Å²) in [5.74, 6) is 0.738. The lowest BCUT2D eigenvalue weighted by Gasteiger charge is -2.06. The van der Waals surface area contributed by atoms with E-state index in [4.69, 9.17) is 17.3 Å². The summed E-state index contributed by atoms with van der Waals surface area (Å²) in [6, 6.07) is 1.81. The summed E-state index contributed by atoms with van der Waals surface area (Å²) in [5.41, 5.74) is 6.40. The topological polar surface area (TPSA) is 63.8 Å². The SMILES string of the molecule is Nc1nnc(C2CCNC2)cc1Cl. The normalized spacial score (nSPS) is 22.1. The molecular formula is C8H11ClN4. The highest BCUT2D eigenvalue weighted by atomic mass is 35.5. The minimum absolute atomic E-state index is 0.302. The number of nitrogens with two attached hydrogens (primary N) is 1. The fourth-order valence-electron chi connectivity index (χ4n) is 1.50. The third-order valence-corrected chi connectivity index (χ3v) is 2.57. The first-order valence-corrected chi connectivity index (χ1v) is 4.64. The summed E-state index contributed by atoms with van der Waals surface area (Å²) in [7, 11) is 0. The minimum Gasteiger partial charge on any atom is -0.381 e. The minimum atomic E-state index is 0.302. The zero-order chi connectivity index (χ0) is 9.26. The van der Waals surface area contributed by atoms with E-state index < -0.39 is 0 Å². The fraction of sp³-hybridized carbons (Fsp3) is 0.500. The molecule has 70 valence electrons. The van der Waals surface area contributed by atoms with E-state index in [9.17, 15) is 0 Å². The van der Waals surface area contributed by atoms with Crippen LogP contribution in [0.4, 0.5) is 5.82 Å². The highest BCUT2D eigenvalue weighted by molar-refractivity contribution is 6.32. The van der Waals surface area contributed by atoms with Gasteiger partial charge < -0.3 is 11.1 Å². The van der Waals surface area contributed by atoms with Gasteiger partial charge in [-0.2, -0.15) is 5.10 Å². The predicted octanol–water partition coefficient (Wildman–Crippen LogP) is 0.789. The molecule has 2 rings (SSSR count). The molecule has 0 bridgehead atoms. The number of nitrogen functional groups attached to an aromatic ring is 1. The Morgan fingerprint density at radius 2 is 2.38 bits per heavy atom. The first-order valence-electron chi connectivity index (χ1n) is 4.26. The molecule has 1 atom stereocenters. The highest BCUT2D eigenvalue weighted by Gasteiger charge is 2.18. The molecule has 4 nitrogen and oxygen atoms in total. The van der Waals surface area contributed by atoms with Crippen LogP contribution in [0.1, 0.15) is 18.0 Å². The van der Waals surface area contributed by atoms with Crippen LogP contribution in [0.5, 0.6) is 0 Å². The Kier molecular flexibility index (Phi) is 2.33. The molecule has 0 aromatic carbocycles. The zero-order valence-corrected chi connectivity index (χ0v) is 7.88. The number of anilines is 1. The molecule has 5 heteroatoms. The van der Waals surface area contributed by atoms with Crippen LogP contribution in [-0.2, 0) is 0 Å². The van der Waals surface area contributed by atoms with Crippen LogP contribution in [-0.4, -0.2) is 23.3 Å². The van der Waals surface area contributed by atoms with Gasteiger partial charge in [-0.25, -0.2) is 0 Å². The van der Waals surface area contributed by atoms with Crippen LogP contribution in [0.15, 0.2) is 6.07 Å². The molecule has 0 aliphatic carbocycles. The van der Waals surface area contributed by atoms with Gasteiger partial charge in [0, 0.05) is 12.5 Å². The number of rotatable bonds is 1. The Morgan fingerprint density at radius 3 is 3.00 bits per heavy atom. The van der Waals surface area contributed by atoms with Gasteiger partial charge in [0.05, 0.1) is 10.7 Å². The lowest BCUT2D eigenvalue weighted by atomic mass is 10.1. The van der Waals surface area contributed by atoms with Crippen LogP contribution in [0.25, 0.3) is 0 Å². The lowest BCUT2D eigenvalue weighted by Crippen LogP contribution is -2.10. The molecule has 1 saturated heterocycles. The molecule has 1 aromatic heterocycles. The molecule has 0 spiro atoms. The van der Waals surface area contributed by atoms with E-state index in [-0.39, 0.29) is 0 Å². The first-order chi connectivity index (χ1) is 6.27. The Hall–Kier alpha value is -0.870. The molecule has 13 heavy (non-hydrogen) atoms. The van der Waals surface area contributed by atoms with E-state index in [1.165, 1.54) is 0 Å². The largest absolute Gasteiger partial charge is 0.381 e. The summed E-state index contributed by atoms with van der Waals surface area (Å²) in [6.07, 6.45) is 1.09. The molecule has 0 amide bonds. The van der Waals surface area contributed by atoms with Crippen molar-refractivity contribution in [2.75, 3.05) is 18.8 Å². The van der Waals surface area contributed by atoms with E-state index >= 15 is 0 Å². The second kappa shape index (κ2) is 3.47. The van der Waals surface area contributed by atoms with Crippen LogP contribution >= 0.6 is 11.6 Å². The molecule has 1 fully saturated rings. The predicted molar refractivity (Wildman–Crippen MR) is 51.7 cm³/mol. The number of hydrogen-bond acceptors (Lipinski definition) is 4. The van der Waals surface area contributed by atoms with Crippen molar-refractivity contribution in [2.24, 2.45) is 0 Å². The smallest absolute Gasteiger partial charge is 0.164 e. The highest BCUT2D eigenvalue weighted by Crippen LogP contribution is 2.24. The van der Waals surface area contributed by atoms with Crippen LogP contribution < -0.4 is 11.1 Å². The van der Waals surface area contributed by atoms with Crippen molar-refractivity contribution in [3.8, 4) is 0 Å². The van der Waals surface area contributed by atoms with E-state index in [1.807, 2.05) is 6.07 Å². The van der Waals surface area contributed by atoms with Crippen LogP contribution in [0, 0.1) is 0 Å². The maximum atomic E-state index is 5.84. The Morgan fingerprint density at radius 1 is 1.54 bits per heavy atom. The lowest BCUT2D eigenvalue weighted by molar-refractivity contribution is 0.715.